The van der Waals surface area contributed by atoms with Gasteiger partial charge in [-0.3, -0.25) is 4.90 Å². The molecule has 0 unspecified atom stereocenters. The summed E-state index contributed by atoms with van der Waals surface area (Å²) in [6.07, 6.45) is 7.42. The van der Waals surface area contributed by atoms with E-state index in [1.807, 2.05) is 0 Å². The van der Waals surface area contributed by atoms with Gasteiger partial charge in [0.25, 0.3) is 0 Å². The number of fused-ring (bicyclic) bond motifs is 2. The molecule has 0 aromatic rings. The first-order chi connectivity index (χ1) is 8.08. The molecule has 5 fully saturated rings. The quantitative estimate of drug-likeness (QED) is 0.729. The minimum absolute atomic E-state index is 0.599. The highest BCUT2D eigenvalue weighted by Crippen LogP contribution is 2.65. The zero-order valence-corrected chi connectivity index (χ0v) is 11.3. The Morgan fingerprint density at radius 1 is 1.06 bits per heavy atom. The Kier molecular flexibility index (Phi) is 1.96. The van der Waals surface area contributed by atoms with Crippen molar-refractivity contribution in [2.75, 3.05) is 26.3 Å². The molecule has 1 spiro atoms. The van der Waals surface area contributed by atoms with E-state index < -0.39 is 0 Å². The van der Waals surface area contributed by atoms with Gasteiger partial charge < -0.3 is 4.74 Å². The third-order valence-corrected chi connectivity index (χ3v) is 6.44. The molecule has 0 atom stereocenters. The third kappa shape index (κ3) is 1.24. The first-order valence-corrected chi connectivity index (χ1v) is 7.41. The molecular formula is C15H25NO. The number of likely N-dealkylation sites (tertiary alicyclic amines) is 1. The summed E-state index contributed by atoms with van der Waals surface area (Å²) >= 11 is 0. The summed E-state index contributed by atoms with van der Waals surface area (Å²) in [5, 5.41) is 0. The van der Waals surface area contributed by atoms with E-state index in [1.54, 1.807) is 0 Å². The lowest BCUT2D eigenvalue weighted by Gasteiger charge is -2.72. The maximum absolute atomic E-state index is 5.39. The predicted octanol–water partition coefficient (Wildman–Crippen LogP) is 2.68. The molecule has 5 aliphatic rings. The van der Waals surface area contributed by atoms with Gasteiger partial charge in [-0.15, -0.1) is 0 Å². The molecule has 2 aliphatic heterocycles. The van der Waals surface area contributed by atoms with Crippen molar-refractivity contribution < 1.29 is 4.74 Å². The van der Waals surface area contributed by atoms with Crippen LogP contribution in [-0.2, 0) is 4.74 Å². The van der Waals surface area contributed by atoms with Gasteiger partial charge in [0, 0.05) is 24.0 Å². The van der Waals surface area contributed by atoms with Crippen LogP contribution >= 0.6 is 0 Å². The molecule has 2 heterocycles. The second-order valence-corrected chi connectivity index (χ2v) is 7.80. The lowest BCUT2D eigenvalue weighted by Crippen LogP contribution is -2.76. The summed E-state index contributed by atoms with van der Waals surface area (Å²) in [6, 6.07) is 0. The van der Waals surface area contributed by atoms with Gasteiger partial charge >= 0.3 is 0 Å². The van der Waals surface area contributed by atoms with Gasteiger partial charge in [-0.25, -0.2) is 0 Å². The average molecular weight is 235 g/mol. The van der Waals surface area contributed by atoms with Crippen molar-refractivity contribution >= 4 is 0 Å². The largest absolute Gasteiger partial charge is 0.380 e. The summed E-state index contributed by atoms with van der Waals surface area (Å²) in [7, 11) is 0. The van der Waals surface area contributed by atoms with E-state index in [0.717, 1.165) is 24.5 Å². The summed E-state index contributed by atoms with van der Waals surface area (Å²) in [5.41, 5.74) is 1.95. The van der Waals surface area contributed by atoms with Crippen LogP contribution in [0.15, 0.2) is 0 Å². The normalized spacial score (nSPS) is 47.5. The Morgan fingerprint density at radius 3 is 2.29 bits per heavy atom. The topological polar surface area (TPSA) is 12.5 Å². The van der Waals surface area contributed by atoms with Gasteiger partial charge in [0.05, 0.1) is 13.2 Å². The fraction of sp³-hybridized carbons (Fsp3) is 1.00. The van der Waals surface area contributed by atoms with Crippen LogP contribution in [0.5, 0.6) is 0 Å². The van der Waals surface area contributed by atoms with Gasteiger partial charge in [0.15, 0.2) is 0 Å². The van der Waals surface area contributed by atoms with E-state index in [9.17, 15) is 0 Å². The molecule has 0 radical (unpaired) electrons. The number of hydrogen-bond donors (Lipinski definition) is 0. The zero-order chi connectivity index (χ0) is 11.7. The molecule has 2 bridgehead atoms. The Balaban J connectivity index is 1.46. The molecule has 3 aliphatic carbocycles. The molecule has 2 saturated heterocycles. The summed E-state index contributed by atoms with van der Waals surface area (Å²) in [4.78, 5) is 2.81. The van der Waals surface area contributed by atoms with Crippen LogP contribution in [0.4, 0.5) is 0 Å². The fourth-order valence-corrected chi connectivity index (χ4v) is 5.13. The van der Waals surface area contributed by atoms with Crippen molar-refractivity contribution in [3.05, 3.63) is 0 Å². The van der Waals surface area contributed by atoms with E-state index in [4.69, 9.17) is 4.74 Å². The summed E-state index contributed by atoms with van der Waals surface area (Å²) in [6.45, 7) is 9.62. The predicted molar refractivity (Wildman–Crippen MR) is 67.9 cm³/mol. The maximum Gasteiger partial charge on any atom is 0.0569 e. The maximum atomic E-state index is 5.39. The van der Waals surface area contributed by atoms with Crippen LogP contribution in [0.2, 0.25) is 0 Å². The Bertz CT molecular complexity index is 331. The molecule has 2 heteroatoms. The Hall–Kier alpha value is -0.0800. The van der Waals surface area contributed by atoms with Crippen molar-refractivity contribution in [3.63, 3.8) is 0 Å². The van der Waals surface area contributed by atoms with Crippen LogP contribution in [0, 0.1) is 16.7 Å². The molecule has 17 heavy (non-hydrogen) atoms. The standard InChI is InChI=1S/C15H25NO/c1-12(2)14-4-3-5-15(6-14,7-14)16-8-13(9-16)10-17-11-13/h12H,3-11H2,1-2H3. The average Bonchev–Trinajstić information content (AvgIpc) is 2.12. The van der Waals surface area contributed by atoms with Crippen LogP contribution in [0.3, 0.4) is 0 Å². The minimum Gasteiger partial charge on any atom is -0.380 e. The number of rotatable bonds is 2. The SMILES string of the molecule is CC(C)C12CCCC(N3CC4(COC4)C3)(C1)C2. The fourth-order valence-electron chi connectivity index (χ4n) is 5.13. The molecule has 0 aromatic carbocycles. The molecule has 2 nitrogen and oxygen atoms in total. The highest BCUT2D eigenvalue weighted by atomic mass is 16.5. The van der Waals surface area contributed by atoms with Crippen LogP contribution in [-0.4, -0.2) is 36.7 Å². The smallest absolute Gasteiger partial charge is 0.0569 e. The summed E-state index contributed by atoms with van der Waals surface area (Å²) in [5.74, 6) is 0.887. The van der Waals surface area contributed by atoms with Gasteiger partial charge in [0.1, 0.15) is 0 Å². The minimum atomic E-state index is 0.599. The number of nitrogens with zero attached hydrogens (tertiary/aromatic N) is 1. The van der Waals surface area contributed by atoms with Crippen LogP contribution in [0.25, 0.3) is 0 Å². The monoisotopic (exact) mass is 235 g/mol. The van der Waals surface area contributed by atoms with Crippen LogP contribution in [0.1, 0.15) is 46.0 Å². The van der Waals surface area contributed by atoms with Crippen molar-refractivity contribution in [3.8, 4) is 0 Å². The van der Waals surface area contributed by atoms with E-state index in [2.05, 4.69) is 18.7 Å². The lowest BCUT2D eigenvalue weighted by atomic mass is 9.45. The second kappa shape index (κ2) is 3.08. The first-order valence-electron chi connectivity index (χ1n) is 7.41. The van der Waals surface area contributed by atoms with Gasteiger partial charge in [-0.1, -0.05) is 20.3 Å². The number of ether oxygens (including phenoxy) is 1. The van der Waals surface area contributed by atoms with Crippen LogP contribution < -0.4 is 0 Å². The Morgan fingerprint density at radius 2 is 1.76 bits per heavy atom. The molecule has 0 amide bonds. The van der Waals surface area contributed by atoms with Crippen molar-refractivity contribution in [1.82, 2.24) is 4.90 Å². The summed E-state index contributed by atoms with van der Waals surface area (Å²) < 4.78 is 5.39. The Labute approximate surface area is 105 Å². The molecule has 0 N–H and O–H groups in total. The highest BCUT2D eigenvalue weighted by molar-refractivity contribution is 5.18. The van der Waals surface area contributed by atoms with Gasteiger partial charge in [-0.05, 0) is 37.0 Å². The first kappa shape index (κ1) is 10.8. The highest BCUT2D eigenvalue weighted by Gasteiger charge is 2.65. The molecule has 96 valence electrons. The second-order valence-electron chi connectivity index (χ2n) is 7.80. The number of hydrogen-bond acceptors (Lipinski definition) is 2. The third-order valence-electron chi connectivity index (χ3n) is 6.44. The zero-order valence-electron chi connectivity index (χ0n) is 11.3. The van der Waals surface area contributed by atoms with Crippen molar-refractivity contribution in [2.45, 2.75) is 51.5 Å². The van der Waals surface area contributed by atoms with E-state index >= 15 is 0 Å². The molecule has 5 rings (SSSR count). The molecular weight excluding hydrogens is 210 g/mol. The van der Waals surface area contributed by atoms with Crippen molar-refractivity contribution in [2.24, 2.45) is 16.7 Å². The van der Waals surface area contributed by atoms with E-state index in [0.29, 0.717) is 11.0 Å². The van der Waals surface area contributed by atoms with Gasteiger partial charge in [0.2, 0.25) is 0 Å². The lowest BCUT2D eigenvalue weighted by molar-refractivity contribution is -0.256. The van der Waals surface area contributed by atoms with E-state index in [-0.39, 0.29) is 0 Å². The molecule has 3 saturated carbocycles. The van der Waals surface area contributed by atoms with E-state index in [1.165, 1.54) is 45.2 Å². The van der Waals surface area contributed by atoms with Gasteiger partial charge in [-0.2, -0.15) is 0 Å². The molecule has 0 aromatic heterocycles. The van der Waals surface area contributed by atoms with Crippen molar-refractivity contribution in [1.29, 1.82) is 0 Å².